The quantitative estimate of drug-likeness (QED) is 0.496. The lowest BCUT2D eigenvalue weighted by Crippen LogP contribution is -2.20. The summed E-state index contributed by atoms with van der Waals surface area (Å²) >= 11 is 6.12. The van der Waals surface area contributed by atoms with Crippen molar-refractivity contribution >= 4 is 22.6 Å². The number of halogens is 4. The van der Waals surface area contributed by atoms with Crippen molar-refractivity contribution in [3.8, 4) is 17.2 Å². The molecule has 1 saturated heterocycles. The van der Waals surface area contributed by atoms with E-state index in [4.69, 9.17) is 20.8 Å². The van der Waals surface area contributed by atoms with Gasteiger partial charge in [-0.1, -0.05) is 11.6 Å². The number of benzene rings is 2. The molecule has 3 aromatic rings. The zero-order valence-corrected chi connectivity index (χ0v) is 18.2. The Balaban J connectivity index is 1.91. The number of fused-ring (bicyclic) bond motifs is 1. The normalized spacial score (nSPS) is 14.9. The number of likely N-dealkylation sites (tertiary alicyclic amines) is 1. The van der Waals surface area contributed by atoms with E-state index in [9.17, 15) is 23.1 Å². The molecule has 1 N–H and O–H groups in total. The van der Waals surface area contributed by atoms with Gasteiger partial charge < -0.3 is 14.3 Å². The van der Waals surface area contributed by atoms with Gasteiger partial charge in [0.05, 0.1) is 10.9 Å². The summed E-state index contributed by atoms with van der Waals surface area (Å²) in [6.07, 6.45) is -3.07. The first-order chi connectivity index (χ1) is 15.1. The Morgan fingerprint density at radius 2 is 1.78 bits per heavy atom. The predicted octanol–water partition coefficient (Wildman–Crippen LogP) is 6.18. The van der Waals surface area contributed by atoms with Crippen LogP contribution in [0.4, 0.5) is 13.2 Å². The summed E-state index contributed by atoms with van der Waals surface area (Å²) in [7, 11) is 0. The van der Waals surface area contributed by atoms with Gasteiger partial charge in [-0.25, -0.2) is 0 Å². The van der Waals surface area contributed by atoms with Gasteiger partial charge in [0, 0.05) is 11.6 Å². The molecular weight excluding hydrogens is 447 g/mol. The highest BCUT2D eigenvalue weighted by molar-refractivity contribution is 6.32. The van der Waals surface area contributed by atoms with E-state index in [-0.39, 0.29) is 34.6 Å². The minimum atomic E-state index is -4.99. The summed E-state index contributed by atoms with van der Waals surface area (Å²) in [5.41, 5.74) is 0.0877. The topological polar surface area (TPSA) is 62.9 Å². The minimum absolute atomic E-state index is 0.0395. The fourth-order valence-electron chi connectivity index (χ4n) is 3.97. The third kappa shape index (κ3) is 4.17. The van der Waals surface area contributed by atoms with Gasteiger partial charge in [0.15, 0.2) is 0 Å². The van der Waals surface area contributed by atoms with Crippen LogP contribution in [0.25, 0.3) is 11.0 Å². The number of hydrogen-bond acceptors (Lipinski definition) is 5. The number of phenolic OH excluding ortho intramolecular Hbond substituents is 1. The number of phenols is 1. The number of nitrogens with zero attached hydrogens (tertiary/aromatic N) is 1. The van der Waals surface area contributed by atoms with Crippen LogP contribution in [0.3, 0.4) is 0 Å². The molecule has 2 aromatic carbocycles. The highest BCUT2D eigenvalue weighted by Gasteiger charge is 2.41. The summed E-state index contributed by atoms with van der Waals surface area (Å²) in [6.45, 7) is 5.05. The molecule has 32 heavy (non-hydrogen) atoms. The van der Waals surface area contributed by atoms with Crippen molar-refractivity contribution in [2.24, 2.45) is 0 Å². The summed E-state index contributed by atoms with van der Waals surface area (Å²) in [4.78, 5) is 15.1. The molecular formula is C23H21ClF3NO4. The van der Waals surface area contributed by atoms with Crippen molar-refractivity contribution in [3.63, 3.8) is 0 Å². The van der Waals surface area contributed by atoms with Crippen LogP contribution < -0.4 is 10.2 Å². The molecule has 0 unspecified atom stereocenters. The Bertz CT molecular complexity index is 1220. The van der Waals surface area contributed by atoms with Crippen molar-refractivity contribution in [2.75, 3.05) is 13.1 Å². The van der Waals surface area contributed by atoms with E-state index in [1.807, 2.05) is 4.90 Å². The first-order valence-electron chi connectivity index (χ1n) is 10.1. The zero-order valence-electron chi connectivity index (χ0n) is 17.5. The molecule has 5 nitrogen and oxygen atoms in total. The highest BCUT2D eigenvalue weighted by atomic mass is 35.5. The van der Waals surface area contributed by atoms with Gasteiger partial charge in [0.2, 0.25) is 11.2 Å². The first-order valence-corrected chi connectivity index (χ1v) is 10.5. The lowest BCUT2D eigenvalue weighted by atomic mass is 10.1. The maximum atomic E-state index is 13.9. The Hall–Kier alpha value is -2.71. The van der Waals surface area contributed by atoms with Crippen LogP contribution in [0, 0.1) is 13.8 Å². The van der Waals surface area contributed by atoms with Gasteiger partial charge in [-0.05, 0) is 75.2 Å². The Morgan fingerprint density at radius 1 is 1.16 bits per heavy atom. The number of aryl methyl sites for hydroxylation is 2. The average Bonchev–Trinajstić information content (AvgIpc) is 3.22. The van der Waals surface area contributed by atoms with Gasteiger partial charge in [-0.2, -0.15) is 13.2 Å². The zero-order chi connectivity index (χ0) is 23.2. The van der Waals surface area contributed by atoms with Gasteiger partial charge in [-0.15, -0.1) is 0 Å². The van der Waals surface area contributed by atoms with E-state index in [1.165, 1.54) is 24.3 Å². The van der Waals surface area contributed by atoms with Crippen LogP contribution in [0.15, 0.2) is 33.5 Å². The number of alkyl halides is 3. The maximum Gasteiger partial charge on any atom is 0.453 e. The highest BCUT2D eigenvalue weighted by Crippen LogP contribution is 2.40. The number of rotatable bonds is 4. The molecule has 1 aromatic heterocycles. The summed E-state index contributed by atoms with van der Waals surface area (Å²) in [5, 5.41) is 10.7. The molecule has 0 bridgehead atoms. The van der Waals surface area contributed by atoms with E-state index in [1.54, 1.807) is 13.8 Å². The molecule has 0 spiro atoms. The second-order valence-corrected chi connectivity index (χ2v) is 8.36. The molecule has 1 aliphatic rings. The number of ether oxygens (including phenoxy) is 1. The second-order valence-electron chi connectivity index (χ2n) is 7.98. The van der Waals surface area contributed by atoms with Gasteiger partial charge in [0.25, 0.3) is 5.76 Å². The molecule has 2 heterocycles. The summed E-state index contributed by atoms with van der Waals surface area (Å²) < 4.78 is 52.4. The largest absolute Gasteiger partial charge is 0.507 e. The molecule has 1 aliphatic heterocycles. The molecule has 4 rings (SSSR count). The molecule has 1 fully saturated rings. The fraction of sp³-hybridized carbons (Fsp3) is 0.348. The van der Waals surface area contributed by atoms with Crippen LogP contribution in [0.2, 0.25) is 5.02 Å². The minimum Gasteiger partial charge on any atom is -0.507 e. The van der Waals surface area contributed by atoms with Crippen LogP contribution in [0.5, 0.6) is 17.2 Å². The summed E-state index contributed by atoms with van der Waals surface area (Å²) in [5.74, 6) is -2.69. The lowest BCUT2D eigenvalue weighted by molar-refractivity contribution is -0.154. The molecule has 0 radical (unpaired) electrons. The Labute approximate surface area is 187 Å². The average molecular weight is 468 g/mol. The van der Waals surface area contributed by atoms with Crippen molar-refractivity contribution in [2.45, 2.75) is 39.4 Å². The fourth-order valence-corrected chi connectivity index (χ4v) is 4.08. The van der Waals surface area contributed by atoms with Crippen molar-refractivity contribution in [3.05, 3.63) is 62.0 Å². The van der Waals surface area contributed by atoms with Gasteiger partial charge in [0.1, 0.15) is 17.1 Å². The van der Waals surface area contributed by atoms with E-state index in [2.05, 4.69) is 0 Å². The van der Waals surface area contributed by atoms with Crippen LogP contribution >= 0.6 is 11.6 Å². The van der Waals surface area contributed by atoms with E-state index < -0.39 is 23.1 Å². The van der Waals surface area contributed by atoms with Crippen molar-refractivity contribution in [1.29, 1.82) is 0 Å². The Morgan fingerprint density at radius 3 is 2.38 bits per heavy atom. The first kappa shape index (κ1) is 22.5. The van der Waals surface area contributed by atoms with Crippen molar-refractivity contribution in [1.82, 2.24) is 4.90 Å². The molecule has 0 aliphatic carbocycles. The SMILES string of the molecule is Cc1cc(Oc2c(C(F)(F)F)oc3c(CN4CCCC4)c(O)ccc3c2=O)cc(C)c1Cl. The van der Waals surface area contributed by atoms with E-state index in [0.29, 0.717) is 16.1 Å². The van der Waals surface area contributed by atoms with Crippen LogP contribution in [0.1, 0.15) is 35.3 Å². The Kier molecular flexibility index (Phi) is 5.85. The predicted molar refractivity (Wildman–Crippen MR) is 115 cm³/mol. The standard InChI is InChI=1S/C23H21ClF3NO4/c1-12-9-14(10-13(2)18(12)24)31-21-19(30)15-5-6-17(29)16(11-28-7-3-4-8-28)20(15)32-22(21)23(25,26)27/h5-6,9-10,29H,3-4,7-8,11H2,1-2H3. The third-order valence-corrected chi connectivity index (χ3v) is 6.16. The lowest BCUT2D eigenvalue weighted by Gasteiger charge is -2.18. The van der Waals surface area contributed by atoms with E-state index >= 15 is 0 Å². The monoisotopic (exact) mass is 467 g/mol. The molecule has 170 valence electrons. The molecule has 0 amide bonds. The smallest absolute Gasteiger partial charge is 0.453 e. The number of hydrogen-bond donors (Lipinski definition) is 1. The molecule has 0 saturated carbocycles. The maximum absolute atomic E-state index is 13.9. The van der Waals surface area contributed by atoms with Crippen LogP contribution in [-0.4, -0.2) is 23.1 Å². The number of aromatic hydroxyl groups is 1. The van der Waals surface area contributed by atoms with Gasteiger partial charge >= 0.3 is 6.18 Å². The van der Waals surface area contributed by atoms with Gasteiger partial charge in [-0.3, -0.25) is 9.69 Å². The van der Waals surface area contributed by atoms with Crippen LogP contribution in [-0.2, 0) is 12.7 Å². The van der Waals surface area contributed by atoms with E-state index in [0.717, 1.165) is 25.9 Å². The molecule has 0 atom stereocenters. The summed E-state index contributed by atoms with van der Waals surface area (Å²) in [6, 6.07) is 5.44. The second kappa shape index (κ2) is 8.33. The van der Waals surface area contributed by atoms with Crippen molar-refractivity contribution < 1.29 is 27.4 Å². The third-order valence-electron chi connectivity index (χ3n) is 5.56. The molecule has 9 heteroatoms.